The Morgan fingerprint density at radius 2 is 1.67 bits per heavy atom. The minimum absolute atomic E-state index is 0.300. The number of methoxy groups -OCH3 is 1. The summed E-state index contributed by atoms with van der Waals surface area (Å²) in [5.41, 5.74) is 1.68. The van der Waals surface area contributed by atoms with Crippen LogP contribution in [0.5, 0.6) is 5.75 Å². The van der Waals surface area contributed by atoms with Gasteiger partial charge in [-0.15, -0.1) is 0 Å². The first-order valence-corrected chi connectivity index (χ1v) is 9.07. The molecule has 6 heteroatoms. The van der Waals surface area contributed by atoms with Crippen molar-refractivity contribution in [3.05, 3.63) is 65.7 Å². The summed E-state index contributed by atoms with van der Waals surface area (Å²) in [7, 11) is 1.38. The van der Waals surface area contributed by atoms with Crippen LogP contribution in [0.2, 0.25) is 0 Å². The zero-order chi connectivity index (χ0) is 19.1. The number of rotatable bonds is 4. The Balaban J connectivity index is 1.52. The predicted octanol–water partition coefficient (Wildman–Crippen LogP) is 3.18. The minimum atomic E-state index is -0.330. The van der Waals surface area contributed by atoms with Gasteiger partial charge in [-0.25, -0.2) is 9.59 Å². The molecule has 0 aliphatic carbocycles. The topological polar surface area (TPSA) is 59.1 Å². The molecule has 0 spiro atoms. The van der Waals surface area contributed by atoms with E-state index in [2.05, 4.69) is 4.90 Å². The van der Waals surface area contributed by atoms with Crippen LogP contribution >= 0.6 is 0 Å². The van der Waals surface area contributed by atoms with Gasteiger partial charge < -0.3 is 14.4 Å². The van der Waals surface area contributed by atoms with E-state index in [0.717, 1.165) is 31.6 Å². The summed E-state index contributed by atoms with van der Waals surface area (Å²) in [5, 5.41) is 0. The highest BCUT2D eigenvalue weighted by molar-refractivity contribution is 5.89. The Hall–Kier alpha value is -2.86. The van der Waals surface area contributed by atoms with Gasteiger partial charge in [-0.1, -0.05) is 30.3 Å². The molecule has 0 unspecified atom stereocenters. The Labute approximate surface area is 159 Å². The fraction of sp³-hybridized carbons (Fsp3) is 0.333. The number of para-hydroxylation sites is 1. The number of amides is 1. The van der Waals surface area contributed by atoms with Crippen LogP contribution in [0, 0.1) is 0 Å². The number of carbonyl (C=O) groups excluding carboxylic acids is 2. The summed E-state index contributed by atoms with van der Waals surface area (Å²) in [6, 6.07) is 16.6. The van der Waals surface area contributed by atoms with Crippen molar-refractivity contribution in [3.63, 3.8) is 0 Å². The first-order chi connectivity index (χ1) is 13.2. The zero-order valence-electron chi connectivity index (χ0n) is 15.5. The van der Waals surface area contributed by atoms with Gasteiger partial charge in [0, 0.05) is 32.7 Å². The number of nitrogens with zero attached hydrogens (tertiary/aromatic N) is 2. The third-order valence-electron chi connectivity index (χ3n) is 4.58. The van der Waals surface area contributed by atoms with Crippen molar-refractivity contribution in [2.75, 3.05) is 33.3 Å². The first-order valence-electron chi connectivity index (χ1n) is 9.07. The van der Waals surface area contributed by atoms with E-state index in [-0.39, 0.29) is 12.1 Å². The molecule has 1 fully saturated rings. The second-order valence-corrected chi connectivity index (χ2v) is 6.49. The molecule has 2 aromatic rings. The molecule has 0 saturated carbocycles. The van der Waals surface area contributed by atoms with Crippen molar-refractivity contribution in [1.82, 2.24) is 9.80 Å². The molecule has 1 heterocycles. The van der Waals surface area contributed by atoms with E-state index in [9.17, 15) is 9.59 Å². The second-order valence-electron chi connectivity index (χ2n) is 6.49. The van der Waals surface area contributed by atoms with E-state index in [1.54, 1.807) is 29.2 Å². The molecule has 142 valence electrons. The summed E-state index contributed by atoms with van der Waals surface area (Å²) >= 11 is 0. The fourth-order valence-electron chi connectivity index (χ4n) is 3.09. The number of benzene rings is 2. The number of hydrogen-bond acceptors (Lipinski definition) is 5. The average molecular weight is 368 g/mol. The standard InChI is InChI=1S/C21H24N2O4/c1-26-20(24)18-10-8-17(9-11-18)16-22-12-5-13-23(15-14-22)21(25)27-19-6-3-2-4-7-19/h2-4,6-11H,5,12-16H2,1H3. The highest BCUT2D eigenvalue weighted by Gasteiger charge is 2.20. The van der Waals surface area contributed by atoms with Crippen molar-refractivity contribution >= 4 is 12.1 Å². The molecule has 6 nitrogen and oxygen atoms in total. The number of ether oxygens (including phenoxy) is 2. The molecule has 2 aromatic carbocycles. The summed E-state index contributed by atoms with van der Waals surface area (Å²) in [5.74, 6) is 0.234. The lowest BCUT2D eigenvalue weighted by Gasteiger charge is -2.21. The largest absolute Gasteiger partial charge is 0.465 e. The van der Waals surface area contributed by atoms with E-state index in [0.29, 0.717) is 24.4 Å². The van der Waals surface area contributed by atoms with Gasteiger partial charge in [-0.2, -0.15) is 0 Å². The van der Waals surface area contributed by atoms with Gasteiger partial charge in [-0.3, -0.25) is 4.90 Å². The van der Waals surface area contributed by atoms with Crippen molar-refractivity contribution in [3.8, 4) is 5.75 Å². The smallest absolute Gasteiger partial charge is 0.415 e. The normalized spacial score (nSPS) is 15.1. The van der Waals surface area contributed by atoms with Crippen molar-refractivity contribution in [2.24, 2.45) is 0 Å². The van der Waals surface area contributed by atoms with Crippen LogP contribution < -0.4 is 4.74 Å². The van der Waals surface area contributed by atoms with Gasteiger partial charge in [0.15, 0.2) is 0 Å². The summed E-state index contributed by atoms with van der Waals surface area (Å²) in [6.07, 6.45) is 0.593. The van der Waals surface area contributed by atoms with Gasteiger partial charge in [-0.05, 0) is 36.2 Å². The van der Waals surface area contributed by atoms with E-state index in [4.69, 9.17) is 9.47 Å². The van der Waals surface area contributed by atoms with Crippen molar-refractivity contribution < 1.29 is 19.1 Å². The van der Waals surface area contributed by atoms with Gasteiger partial charge in [0.2, 0.25) is 0 Å². The van der Waals surface area contributed by atoms with Crippen LogP contribution in [0.3, 0.4) is 0 Å². The molecule has 3 rings (SSSR count). The van der Waals surface area contributed by atoms with E-state index < -0.39 is 0 Å². The van der Waals surface area contributed by atoms with Crippen molar-refractivity contribution in [2.45, 2.75) is 13.0 Å². The van der Waals surface area contributed by atoms with Crippen LogP contribution in [0.4, 0.5) is 4.79 Å². The molecule has 0 aromatic heterocycles. The Bertz CT molecular complexity index is 762. The molecule has 0 bridgehead atoms. The lowest BCUT2D eigenvalue weighted by atomic mass is 10.1. The monoisotopic (exact) mass is 368 g/mol. The lowest BCUT2D eigenvalue weighted by molar-refractivity contribution is 0.0600. The summed E-state index contributed by atoms with van der Waals surface area (Å²) in [4.78, 5) is 27.9. The second kappa shape index (κ2) is 9.19. The molecule has 1 aliphatic heterocycles. The molecule has 0 N–H and O–H groups in total. The fourth-order valence-corrected chi connectivity index (χ4v) is 3.09. The van der Waals surface area contributed by atoms with Crippen LogP contribution in [-0.4, -0.2) is 55.2 Å². The Morgan fingerprint density at radius 1 is 0.926 bits per heavy atom. The van der Waals surface area contributed by atoms with Crippen LogP contribution in [0.1, 0.15) is 22.3 Å². The highest BCUT2D eigenvalue weighted by atomic mass is 16.6. The van der Waals surface area contributed by atoms with E-state index in [1.807, 2.05) is 30.3 Å². The van der Waals surface area contributed by atoms with Gasteiger partial charge in [0.05, 0.1) is 12.7 Å². The lowest BCUT2D eigenvalue weighted by Crippen LogP contribution is -2.36. The summed E-state index contributed by atoms with van der Waals surface area (Å²) in [6.45, 7) is 3.79. The molecule has 0 radical (unpaired) electrons. The number of esters is 1. The molecular formula is C21H24N2O4. The van der Waals surface area contributed by atoms with E-state index >= 15 is 0 Å². The molecule has 1 aliphatic rings. The Morgan fingerprint density at radius 3 is 2.37 bits per heavy atom. The predicted molar refractivity (Wildman–Crippen MR) is 102 cm³/mol. The third kappa shape index (κ3) is 5.31. The van der Waals surface area contributed by atoms with E-state index in [1.165, 1.54) is 7.11 Å². The van der Waals surface area contributed by atoms with Gasteiger partial charge in [0.25, 0.3) is 0 Å². The van der Waals surface area contributed by atoms with Crippen molar-refractivity contribution in [1.29, 1.82) is 0 Å². The number of hydrogen-bond donors (Lipinski definition) is 0. The molecular weight excluding hydrogens is 344 g/mol. The maximum absolute atomic E-state index is 12.4. The first kappa shape index (κ1) is 18.9. The highest BCUT2D eigenvalue weighted by Crippen LogP contribution is 2.14. The SMILES string of the molecule is COC(=O)c1ccc(CN2CCCN(C(=O)Oc3ccccc3)CC2)cc1. The Kier molecular flexibility index (Phi) is 6.44. The molecule has 27 heavy (non-hydrogen) atoms. The molecule has 0 atom stereocenters. The maximum atomic E-state index is 12.4. The molecule has 1 amide bonds. The number of carbonyl (C=O) groups is 2. The minimum Gasteiger partial charge on any atom is -0.465 e. The van der Waals surface area contributed by atoms with Crippen LogP contribution in [0.15, 0.2) is 54.6 Å². The molecule has 1 saturated heterocycles. The van der Waals surface area contributed by atoms with Crippen LogP contribution in [0.25, 0.3) is 0 Å². The quantitative estimate of drug-likeness (QED) is 0.776. The average Bonchev–Trinajstić information content (AvgIpc) is 2.94. The summed E-state index contributed by atoms with van der Waals surface area (Å²) < 4.78 is 10.2. The zero-order valence-corrected chi connectivity index (χ0v) is 15.5. The van der Waals surface area contributed by atoms with Gasteiger partial charge >= 0.3 is 12.1 Å². The van der Waals surface area contributed by atoms with Crippen LogP contribution in [-0.2, 0) is 11.3 Å². The van der Waals surface area contributed by atoms with Gasteiger partial charge in [0.1, 0.15) is 5.75 Å². The maximum Gasteiger partial charge on any atom is 0.415 e. The third-order valence-corrected chi connectivity index (χ3v) is 4.58.